The Morgan fingerprint density at radius 1 is 0.931 bits per heavy atom. The van der Waals surface area contributed by atoms with E-state index in [0.29, 0.717) is 60.5 Å². The van der Waals surface area contributed by atoms with Gasteiger partial charge in [-0.05, 0) is 42.8 Å². The molecule has 29 heavy (non-hydrogen) atoms. The quantitative estimate of drug-likeness (QED) is 0.736. The molecule has 0 bridgehead atoms. The molecule has 1 saturated heterocycles. The average Bonchev–Trinajstić information content (AvgIpc) is 2.95. The standard InChI is InChI=1S/C20H20F3N3O2S/c21-15-8-6-14(7-9-15)18(27)25-10-3-11-26(13-12-25)20(28)24-16-4-1-2-5-17(16)29-19(22)23/h1-2,4-9,19H,3,10-13H2,(H,24,28). The molecule has 2 aromatic carbocycles. The SMILES string of the molecule is O=C(Nc1ccccc1SC(F)F)N1CCCN(C(=O)c2ccc(F)cc2)CC1. The Balaban J connectivity index is 1.61. The van der Waals surface area contributed by atoms with Gasteiger partial charge in [-0.3, -0.25) is 4.79 Å². The van der Waals surface area contributed by atoms with Gasteiger partial charge in [0.2, 0.25) is 0 Å². The lowest BCUT2D eigenvalue weighted by molar-refractivity contribution is 0.0762. The van der Waals surface area contributed by atoms with E-state index in [4.69, 9.17) is 0 Å². The minimum Gasteiger partial charge on any atom is -0.337 e. The van der Waals surface area contributed by atoms with Crippen LogP contribution in [0.3, 0.4) is 0 Å². The van der Waals surface area contributed by atoms with Gasteiger partial charge in [-0.1, -0.05) is 23.9 Å². The van der Waals surface area contributed by atoms with Crippen molar-refractivity contribution in [1.29, 1.82) is 0 Å². The van der Waals surface area contributed by atoms with Gasteiger partial charge in [0.05, 0.1) is 5.69 Å². The number of halogens is 3. The van der Waals surface area contributed by atoms with E-state index in [2.05, 4.69) is 5.32 Å². The number of rotatable bonds is 4. The van der Waals surface area contributed by atoms with Crippen LogP contribution in [0.2, 0.25) is 0 Å². The highest BCUT2D eigenvalue weighted by Crippen LogP contribution is 2.31. The highest BCUT2D eigenvalue weighted by molar-refractivity contribution is 7.99. The zero-order valence-electron chi connectivity index (χ0n) is 15.5. The number of alkyl halides is 2. The largest absolute Gasteiger partial charge is 0.337 e. The van der Waals surface area contributed by atoms with Crippen LogP contribution in [0, 0.1) is 5.82 Å². The summed E-state index contributed by atoms with van der Waals surface area (Å²) in [7, 11) is 0. The summed E-state index contributed by atoms with van der Waals surface area (Å²) in [6, 6.07) is 11.3. The van der Waals surface area contributed by atoms with Crippen LogP contribution in [0.15, 0.2) is 53.4 Å². The molecule has 2 aromatic rings. The maximum absolute atomic E-state index is 13.1. The molecule has 0 spiro atoms. The first-order valence-corrected chi connectivity index (χ1v) is 9.96. The van der Waals surface area contributed by atoms with E-state index in [1.54, 1.807) is 28.0 Å². The van der Waals surface area contributed by atoms with E-state index in [1.165, 1.54) is 30.3 Å². The molecule has 3 amide bonds. The molecule has 5 nitrogen and oxygen atoms in total. The van der Waals surface area contributed by atoms with Gasteiger partial charge < -0.3 is 15.1 Å². The first kappa shape index (κ1) is 21.0. The van der Waals surface area contributed by atoms with Crippen LogP contribution in [-0.2, 0) is 0 Å². The molecule has 0 atom stereocenters. The number of urea groups is 1. The summed E-state index contributed by atoms with van der Waals surface area (Å²) in [5, 5.41) is 2.68. The van der Waals surface area contributed by atoms with Crippen molar-refractivity contribution in [1.82, 2.24) is 9.80 Å². The second-order valence-electron chi connectivity index (χ2n) is 6.44. The topological polar surface area (TPSA) is 52.7 Å². The van der Waals surface area contributed by atoms with Gasteiger partial charge in [0.15, 0.2) is 0 Å². The fourth-order valence-electron chi connectivity index (χ4n) is 3.06. The second kappa shape index (κ2) is 9.69. The summed E-state index contributed by atoms with van der Waals surface area (Å²) >= 11 is 0.375. The maximum Gasteiger partial charge on any atom is 0.321 e. The number of carbonyl (C=O) groups is 2. The summed E-state index contributed by atoms with van der Waals surface area (Å²) < 4.78 is 38.5. The molecule has 1 heterocycles. The van der Waals surface area contributed by atoms with Crippen molar-refractivity contribution >= 4 is 29.4 Å². The zero-order valence-corrected chi connectivity index (χ0v) is 16.3. The second-order valence-corrected chi connectivity index (χ2v) is 7.48. The summed E-state index contributed by atoms with van der Waals surface area (Å²) in [5.74, 6) is -3.21. The number of amides is 3. The van der Waals surface area contributed by atoms with Gasteiger partial charge in [-0.2, -0.15) is 8.78 Å². The Morgan fingerprint density at radius 2 is 1.59 bits per heavy atom. The van der Waals surface area contributed by atoms with Gasteiger partial charge in [-0.25, -0.2) is 9.18 Å². The molecule has 9 heteroatoms. The van der Waals surface area contributed by atoms with Crippen LogP contribution in [0.4, 0.5) is 23.7 Å². The van der Waals surface area contributed by atoms with Crippen molar-refractivity contribution in [2.75, 3.05) is 31.5 Å². The van der Waals surface area contributed by atoms with E-state index in [-0.39, 0.29) is 5.91 Å². The molecule has 0 unspecified atom stereocenters. The lowest BCUT2D eigenvalue weighted by Crippen LogP contribution is -2.39. The first-order chi connectivity index (χ1) is 13.9. The van der Waals surface area contributed by atoms with E-state index in [9.17, 15) is 22.8 Å². The monoisotopic (exact) mass is 423 g/mol. The van der Waals surface area contributed by atoms with Crippen molar-refractivity contribution in [3.05, 3.63) is 59.9 Å². The van der Waals surface area contributed by atoms with Gasteiger partial charge in [-0.15, -0.1) is 0 Å². The third kappa shape index (κ3) is 5.66. The number of nitrogens with one attached hydrogen (secondary N) is 1. The predicted octanol–water partition coefficient (Wildman–Crippen LogP) is 4.52. The predicted molar refractivity (Wildman–Crippen MR) is 106 cm³/mol. The lowest BCUT2D eigenvalue weighted by Gasteiger charge is -2.23. The molecule has 0 aromatic heterocycles. The van der Waals surface area contributed by atoms with E-state index in [0.717, 1.165) is 0 Å². The molecule has 154 valence electrons. The summed E-state index contributed by atoms with van der Waals surface area (Å²) in [6.45, 7) is 1.54. The molecule has 0 radical (unpaired) electrons. The van der Waals surface area contributed by atoms with Gasteiger partial charge in [0, 0.05) is 36.6 Å². The van der Waals surface area contributed by atoms with Crippen molar-refractivity contribution in [2.45, 2.75) is 17.1 Å². The third-order valence-corrected chi connectivity index (χ3v) is 5.29. The molecule has 0 aliphatic carbocycles. The van der Waals surface area contributed by atoms with Gasteiger partial charge >= 0.3 is 6.03 Å². The smallest absolute Gasteiger partial charge is 0.321 e. The molecular formula is C20H20F3N3O2S. The van der Waals surface area contributed by atoms with Crippen molar-refractivity contribution < 1.29 is 22.8 Å². The first-order valence-electron chi connectivity index (χ1n) is 9.08. The van der Waals surface area contributed by atoms with Crippen LogP contribution in [0.5, 0.6) is 0 Å². The fraction of sp³-hybridized carbons (Fsp3) is 0.300. The molecule has 1 N–H and O–H groups in total. The highest BCUT2D eigenvalue weighted by atomic mass is 32.2. The Kier molecular flexibility index (Phi) is 7.03. The van der Waals surface area contributed by atoms with Crippen LogP contribution >= 0.6 is 11.8 Å². The lowest BCUT2D eigenvalue weighted by atomic mass is 10.2. The normalized spacial score (nSPS) is 14.6. The van der Waals surface area contributed by atoms with Crippen LogP contribution in [0.25, 0.3) is 0 Å². The summed E-state index contributed by atoms with van der Waals surface area (Å²) in [5.41, 5.74) is 0.716. The number of thioether (sulfide) groups is 1. The van der Waals surface area contributed by atoms with Crippen LogP contribution in [0.1, 0.15) is 16.8 Å². The molecule has 1 aliphatic heterocycles. The third-order valence-electron chi connectivity index (χ3n) is 4.51. The van der Waals surface area contributed by atoms with Crippen LogP contribution in [-0.4, -0.2) is 53.7 Å². The Labute approximate surface area is 170 Å². The van der Waals surface area contributed by atoms with Crippen molar-refractivity contribution in [2.24, 2.45) is 0 Å². The molecule has 1 aliphatic rings. The highest BCUT2D eigenvalue weighted by Gasteiger charge is 2.23. The number of para-hydroxylation sites is 1. The van der Waals surface area contributed by atoms with E-state index < -0.39 is 17.6 Å². The number of benzene rings is 2. The number of carbonyl (C=O) groups excluding carboxylic acids is 2. The minimum absolute atomic E-state index is 0.217. The molecular weight excluding hydrogens is 403 g/mol. The van der Waals surface area contributed by atoms with Gasteiger partial charge in [0.25, 0.3) is 11.7 Å². The Morgan fingerprint density at radius 3 is 2.31 bits per heavy atom. The zero-order chi connectivity index (χ0) is 20.8. The van der Waals surface area contributed by atoms with E-state index >= 15 is 0 Å². The van der Waals surface area contributed by atoms with E-state index in [1.807, 2.05) is 0 Å². The fourth-order valence-corrected chi connectivity index (χ4v) is 3.66. The Hall–Kier alpha value is -2.68. The molecule has 1 fully saturated rings. The van der Waals surface area contributed by atoms with Gasteiger partial charge in [0.1, 0.15) is 5.82 Å². The summed E-state index contributed by atoms with van der Waals surface area (Å²) in [4.78, 5) is 28.7. The number of nitrogens with zero attached hydrogens (tertiary/aromatic N) is 2. The Bertz CT molecular complexity index is 864. The van der Waals surface area contributed by atoms with Crippen LogP contribution < -0.4 is 5.32 Å². The van der Waals surface area contributed by atoms with Crippen molar-refractivity contribution in [3.63, 3.8) is 0 Å². The number of hydrogen-bond acceptors (Lipinski definition) is 3. The number of hydrogen-bond donors (Lipinski definition) is 1. The minimum atomic E-state index is -2.59. The van der Waals surface area contributed by atoms with Crippen molar-refractivity contribution in [3.8, 4) is 0 Å². The average molecular weight is 423 g/mol. The maximum atomic E-state index is 13.1. The number of anilines is 1. The molecule has 3 rings (SSSR count). The summed E-state index contributed by atoms with van der Waals surface area (Å²) in [6.07, 6.45) is 0.577. The molecule has 0 saturated carbocycles.